The van der Waals surface area contributed by atoms with Crippen LogP contribution < -0.4 is 11.1 Å². The zero-order valence-corrected chi connectivity index (χ0v) is 13.1. The molecular formula is C16H25ClN2O. The first-order chi connectivity index (χ1) is 9.05. The molecule has 0 saturated heterocycles. The lowest BCUT2D eigenvalue weighted by atomic mass is 9.95. The highest BCUT2D eigenvalue weighted by Crippen LogP contribution is 2.38. The van der Waals surface area contributed by atoms with Gasteiger partial charge in [-0.2, -0.15) is 0 Å². The van der Waals surface area contributed by atoms with E-state index in [2.05, 4.69) is 31.3 Å². The Balaban J connectivity index is 0.00000200. The molecule has 3 nitrogen and oxygen atoms in total. The highest BCUT2D eigenvalue weighted by atomic mass is 35.5. The Labute approximate surface area is 127 Å². The van der Waals surface area contributed by atoms with E-state index < -0.39 is 0 Å². The molecule has 0 radical (unpaired) electrons. The molecule has 0 aliphatic heterocycles. The molecule has 112 valence electrons. The lowest BCUT2D eigenvalue weighted by Gasteiger charge is -2.29. The molecule has 1 atom stereocenters. The SMILES string of the molecule is Cc1ccccc1CCC(=O)NC(C)(CN)C1CC1.Cl. The maximum atomic E-state index is 12.1. The minimum atomic E-state index is -0.206. The maximum Gasteiger partial charge on any atom is 0.220 e. The van der Waals surface area contributed by atoms with Gasteiger partial charge in [-0.15, -0.1) is 12.4 Å². The molecule has 1 aliphatic carbocycles. The third-order valence-corrected chi connectivity index (χ3v) is 4.21. The zero-order valence-electron chi connectivity index (χ0n) is 12.3. The van der Waals surface area contributed by atoms with Gasteiger partial charge >= 0.3 is 0 Å². The Morgan fingerprint density at radius 1 is 1.40 bits per heavy atom. The first-order valence-corrected chi connectivity index (χ1v) is 7.11. The number of nitrogens with two attached hydrogens (primary N) is 1. The third-order valence-electron chi connectivity index (χ3n) is 4.21. The first-order valence-electron chi connectivity index (χ1n) is 7.11. The Hall–Kier alpha value is -1.06. The number of hydrogen-bond acceptors (Lipinski definition) is 2. The van der Waals surface area contributed by atoms with Crippen LogP contribution in [0.4, 0.5) is 0 Å². The van der Waals surface area contributed by atoms with Gasteiger partial charge in [0, 0.05) is 13.0 Å². The predicted molar refractivity (Wildman–Crippen MR) is 85.1 cm³/mol. The lowest BCUT2D eigenvalue weighted by molar-refractivity contribution is -0.123. The molecule has 0 bridgehead atoms. The molecule has 20 heavy (non-hydrogen) atoms. The fourth-order valence-corrected chi connectivity index (χ4v) is 2.56. The summed E-state index contributed by atoms with van der Waals surface area (Å²) >= 11 is 0. The summed E-state index contributed by atoms with van der Waals surface area (Å²) in [5.41, 5.74) is 8.11. The summed E-state index contributed by atoms with van der Waals surface area (Å²) in [5.74, 6) is 0.683. The van der Waals surface area contributed by atoms with Crippen LogP contribution in [-0.4, -0.2) is 18.0 Å². The molecule has 3 N–H and O–H groups in total. The Morgan fingerprint density at radius 2 is 2.05 bits per heavy atom. The molecule has 4 heteroatoms. The number of rotatable bonds is 6. The second-order valence-electron chi connectivity index (χ2n) is 5.87. The van der Waals surface area contributed by atoms with Crippen molar-refractivity contribution in [3.05, 3.63) is 35.4 Å². The van der Waals surface area contributed by atoms with Crippen molar-refractivity contribution in [2.75, 3.05) is 6.54 Å². The summed E-state index contributed by atoms with van der Waals surface area (Å²) in [6.45, 7) is 4.67. The lowest BCUT2D eigenvalue weighted by Crippen LogP contribution is -2.53. The van der Waals surface area contributed by atoms with Crippen LogP contribution in [0.5, 0.6) is 0 Å². The molecule has 1 saturated carbocycles. The van der Waals surface area contributed by atoms with Gasteiger partial charge in [0.1, 0.15) is 0 Å². The number of amides is 1. The number of benzene rings is 1. The van der Waals surface area contributed by atoms with Gasteiger partial charge in [0.15, 0.2) is 0 Å². The van der Waals surface area contributed by atoms with Gasteiger partial charge in [-0.05, 0) is 50.2 Å². The van der Waals surface area contributed by atoms with E-state index in [0.717, 1.165) is 6.42 Å². The molecule has 1 unspecified atom stereocenters. The molecule has 1 aliphatic rings. The van der Waals surface area contributed by atoms with Crippen LogP contribution in [-0.2, 0) is 11.2 Å². The van der Waals surface area contributed by atoms with E-state index in [9.17, 15) is 4.79 Å². The van der Waals surface area contributed by atoms with E-state index in [0.29, 0.717) is 18.9 Å². The quantitative estimate of drug-likeness (QED) is 0.848. The molecule has 1 fully saturated rings. The largest absolute Gasteiger partial charge is 0.349 e. The van der Waals surface area contributed by atoms with Crippen LogP contribution in [0.15, 0.2) is 24.3 Å². The number of aryl methyl sites for hydroxylation is 2. The highest BCUT2D eigenvalue weighted by Gasteiger charge is 2.41. The standard InChI is InChI=1S/C16H24N2O.ClH/c1-12-5-3-4-6-13(12)7-10-15(19)18-16(2,11-17)14-8-9-14;/h3-6,14H,7-11,17H2,1-2H3,(H,18,19);1H. The monoisotopic (exact) mass is 296 g/mol. The summed E-state index contributed by atoms with van der Waals surface area (Å²) in [6.07, 6.45) is 3.70. The van der Waals surface area contributed by atoms with E-state index >= 15 is 0 Å². The Bertz CT molecular complexity index is 460. The zero-order chi connectivity index (χ0) is 13.9. The molecular weight excluding hydrogens is 272 g/mol. The van der Waals surface area contributed by atoms with Crippen LogP contribution in [0.1, 0.15) is 37.3 Å². The van der Waals surface area contributed by atoms with Crippen LogP contribution in [0.2, 0.25) is 0 Å². The van der Waals surface area contributed by atoms with Crippen LogP contribution in [0, 0.1) is 12.8 Å². The van der Waals surface area contributed by atoms with Crippen molar-refractivity contribution in [1.29, 1.82) is 0 Å². The fraction of sp³-hybridized carbons (Fsp3) is 0.562. The second kappa shape index (κ2) is 7.09. The van der Waals surface area contributed by atoms with Gasteiger partial charge < -0.3 is 11.1 Å². The Morgan fingerprint density at radius 3 is 2.60 bits per heavy atom. The summed E-state index contributed by atoms with van der Waals surface area (Å²) in [6, 6.07) is 8.22. The van der Waals surface area contributed by atoms with Crippen LogP contribution in [0.25, 0.3) is 0 Å². The Kier molecular flexibility index (Phi) is 6.03. The first kappa shape index (κ1) is 17.0. The maximum absolute atomic E-state index is 12.1. The fourth-order valence-electron chi connectivity index (χ4n) is 2.56. The van der Waals surface area contributed by atoms with Gasteiger partial charge in [-0.1, -0.05) is 24.3 Å². The average molecular weight is 297 g/mol. The minimum Gasteiger partial charge on any atom is -0.349 e. The number of hydrogen-bond donors (Lipinski definition) is 2. The number of halogens is 1. The van der Waals surface area contributed by atoms with Crippen molar-refractivity contribution in [1.82, 2.24) is 5.32 Å². The number of carbonyl (C=O) groups excluding carboxylic acids is 1. The molecule has 1 amide bonds. The third kappa shape index (κ3) is 4.22. The number of carbonyl (C=O) groups is 1. The topological polar surface area (TPSA) is 55.1 Å². The van der Waals surface area contributed by atoms with Gasteiger partial charge in [0.25, 0.3) is 0 Å². The van der Waals surface area contributed by atoms with Crippen molar-refractivity contribution >= 4 is 18.3 Å². The van der Waals surface area contributed by atoms with Gasteiger partial charge in [-0.25, -0.2) is 0 Å². The van der Waals surface area contributed by atoms with Crippen molar-refractivity contribution < 1.29 is 4.79 Å². The molecule has 0 spiro atoms. The number of nitrogens with one attached hydrogen (secondary N) is 1. The predicted octanol–water partition coefficient (Wildman–Crippen LogP) is 2.59. The van der Waals surface area contributed by atoms with Crippen molar-refractivity contribution in [2.24, 2.45) is 11.7 Å². The van der Waals surface area contributed by atoms with Crippen LogP contribution in [0.3, 0.4) is 0 Å². The van der Waals surface area contributed by atoms with Gasteiger partial charge in [0.05, 0.1) is 5.54 Å². The average Bonchev–Trinajstić information content (AvgIpc) is 3.22. The smallest absolute Gasteiger partial charge is 0.220 e. The molecule has 2 rings (SSSR count). The summed E-state index contributed by atoms with van der Waals surface area (Å²) in [5, 5.41) is 3.13. The van der Waals surface area contributed by atoms with E-state index in [1.807, 2.05) is 12.1 Å². The van der Waals surface area contributed by atoms with Crippen molar-refractivity contribution in [3.8, 4) is 0 Å². The van der Waals surface area contributed by atoms with Gasteiger partial charge in [0.2, 0.25) is 5.91 Å². The minimum absolute atomic E-state index is 0. The van der Waals surface area contributed by atoms with E-state index in [1.54, 1.807) is 0 Å². The van der Waals surface area contributed by atoms with Crippen molar-refractivity contribution in [2.45, 2.75) is 45.1 Å². The summed E-state index contributed by atoms with van der Waals surface area (Å²) < 4.78 is 0. The van der Waals surface area contributed by atoms with Crippen LogP contribution >= 0.6 is 12.4 Å². The van der Waals surface area contributed by atoms with E-state index in [-0.39, 0.29) is 23.9 Å². The summed E-state index contributed by atoms with van der Waals surface area (Å²) in [4.78, 5) is 12.1. The molecule has 1 aromatic carbocycles. The van der Waals surface area contributed by atoms with Crippen molar-refractivity contribution in [3.63, 3.8) is 0 Å². The summed E-state index contributed by atoms with van der Waals surface area (Å²) in [7, 11) is 0. The van der Waals surface area contributed by atoms with E-state index in [1.165, 1.54) is 24.0 Å². The second-order valence-corrected chi connectivity index (χ2v) is 5.87. The van der Waals surface area contributed by atoms with E-state index in [4.69, 9.17) is 5.73 Å². The van der Waals surface area contributed by atoms with Gasteiger partial charge in [-0.3, -0.25) is 4.79 Å². The molecule has 1 aromatic rings. The molecule has 0 heterocycles. The highest BCUT2D eigenvalue weighted by molar-refractivity contribution is 5.85. The normalized spacial score (nSPS) is 16.9. The molecule has 0 aromatic heterocycles.